The third kappa shape index (κ3) is 4.78. The van der Waals surface area contributed by atoms with E-state index in [0.29, 0.717) is 13.0 Å². The summed E-state index contributed by atoms with van der Waals surface area (Å²) in [5.74, 6) is 0. The SMILES string of the molecule is Cc1ccc(S(=O)(=O)N2CCCC[C@@H]2CCNS(=O)(=O)c2cccnc2)cc1. The first-order valence-electron chi connectivity index (χ1n) is 9.29. The van der Waals surface area contributed by atoms with Crippen molar-refractivity contribution in [2.24, 2.45) is 0 Å². The molecule has 2 heterocycles. The molecule has 1 aliphatic heterocycles. The maximum atomic E-state index is 13.1. The van der Waals surface area contributed by atoms with Crippen LogP contribution >= 0.6 is 0 Å². The van der Waals surface area contributed by atoms with Crippen molar-refractivity contribution in [3.05, 3.63) is 54.4 Å². The van der Waals surface area contributed by atoms with Crippen molar-refractivity contribution >= 4 is 20.0 Å². The van der Waals surface area contributed by atoms with Crippen LogP contribution in [0.3, 0.4) is 0 Å². The van der Waals surface area contributed by atoms with Crippen LogP contribution in [0, 0.1) is 6.92 Å². The lowest BCUT2D eigenvalue weighted by Crippen LogP contribution is -2.45. The van der Waals surface area contributed by atoms with Gasteiger partial charge in [0.15, 0.2) is 0 Å². The molecule has 7 nitrogen and oxygen atoms in total. The number of pyridine rings is 1. The van der Waals surface area contributed by atoms with E-state index in [9.17, 15) is 16.8 Å². The fourth-order valence-corrected chi connectivity index (χ4v) is 6.11. The lowest BCUT2D eigenvalue weighted by molar-refractivity contribution is 0.242. The molecule has 1 aromatic heterocycles. The van der Waals surface area contributed by atoms with Crippen LogP contribution < -0.4 is 4.72 Å². The zero-order valence-corrected chi connectivity index (χ0v) is 17.4. The van der Waals surface area contributed by atoms with Crippen LogP contribution in [0.15, 0.2) is 58.6 Å². The standard InChI is InChI=1S/C19H25N3O4S2/c1-16-7-9-18(10-8-16)28(25,26)22-14-3-2-5-17(22)11-13-21-27(23,24)19-6-4-12-20-15-19/h4,6-10,12,15,17,21H,2-3,5,11,13-14H2,1H3/t17-/m1/s1. The van der Waals surface area contributed by atoms with Crippen molar-refractivity contribution in [1.82, 2.24) is 14.0 Å². The fourth-order valence-electron chi connectivity index (χ4n) is 3.37. The molecule has 0 bridgehead atoms. The Labute approximate surface area is 166 Å². The van der Waals surface area contributed by atoms with Gasteiger partial charge in [0.25, 0.3) is 0 Å². The largest absolute Gasteiger partial charge is 0.263 e. The first-order valence-corrected chi connectivity index (χ1v) is 12.2. The van der Waals surface area contributed by atoms with Gasteiger partial charge >= 0.3 is 0 Å². The van der Waals surface area contributed by atoms with Crippen LogP contribution in [0.25, 0.3) is 0 Å². The summed E-state index contributed by atoms with van der Waals surface area (Å²) in [6.07, 6.45) is 5.68. The summed E-state index contributed by atoms with van der Waals surface area (Å²) in [7, 11) is -7.25. The summed E-state index contributed by atoms with van der Waals surface area (Å²) in [4.78, 5) is 4.20. The molecule has 1 aromatic carbocycles. The second kappa shape index (κ2) is 8.69. The lowest BCUT2D eigenvalue weighted by atomic mass is 10.0. The number of rotatable bonds is 7. The van der Waals surface area contributed by atoms with Gasteiger partial charge in [-0.1, -0.05) is 24.1 Å². The van der Waals surface area contributed by atoms with Gasteiger partial charge in [-0.05, 0) is 50.5 Å². The highest BCUT2D eigenvalue weighted by Gasteiger charge is 2.33. The third-order valence-electron chi connectivity index (χ3n) is 4.92. The Hall–Kier alpha value is -1.81. The highest BCUT2D eigenvalue weighted by atomic mass is 32.2. The average molecular weight is 424 g/mol. The van der Waals surface area contributed by atoms with Gasteiger partial charge < -0.3 is 0 Å². The molecule has 9 heteroatoms. The number of benzene rings is 1. The lowest BCUT2D eigenvalue weighted by Gasteiger charge is -2.34. The van der Waals surface area contributed by atoms with Crippen molar-refractivity contribution in [2.75, 3.05) is 13.1 Å². The second-order valence-electron chi connectivity index (χ2n) is 6.95. The summed E-state index contributed by atoms with van der Waals surface area (Å²) in [5, 5.41) is 0. The zero-order valence-electron chi connectivity index (χ0n) is 15.8. The van der Waals surface area contributed by atoms with E-state index in [2.05, 4.69) is 9.71 Å². The number of piperidine rings is 1. The molecular formula is C19H25N3O4S2. The number of nitrogens with zero attached hydrogens (tertiary/aromatic N) is 2. The third-order valence-corrected chi connectivity index (χ3v) is 8.33. The molecule has 0 aliphatic carbocycles. The van der Waals surface area contributed by atoms with Crippen LogP contribution in [0.5, 0.6) is 0 Å². The smallest absolute Gasteiger partial charge is 0.243 e. The fraction of sp³-hybridized carbons (Fsp3) is 0.421. The molecule has 1 N–H and O–H groups in total. The molecule has 0 unspecified atom stereocenters. The molecule has 3 rings (SSSR count). The van der Waals surface area contributed by atoms with Gasteiger partial charge in [0, 0.05) is 31.5 Å². The second-order valence-corrected chi connectivity index (χ2v) is 10.6. The van der Waals surface area contributed by atoms with Gasteiger partial charge in [-0.3, -0.25) is 4.98 Å². The molecular weight excluding hydrogens is 398 g/mol. The van der Waals surface area contributed by atoms with Gasteiger partial charge in [0.1, 0.15) is 4.90 Å². The Bertz CT molecular complexity index is 991. The number of aromatic nitrogens is 1. The number of hydrogen-bond donors (Lipinski definition) is 1. The van der Waals surface area contributed by atoms with Crippen molar-refractivity contribution in [2.45, 2.75) is 48.4 Å². The predicted octanol–water partition coefficient (Wildman–Crippen LogP) is 2.30. The van der Waals surface area contributed by atoms with Crippen LogP contribution in [-0.2, 0) is 20.0 Å². The number of nitrogens with one attached hydrogen (secondary N) is 1. The average Bonchev–Trinajstić information content (AvgIpc) is 2.69. The quantitative estimate of drug-likeness (QED) is 0.737. The molecule has 0 amide bonds. The molecule has 2 aromatic rings. The minimum Gasteiger partial charge on any atom is -0.263 e. The van der Waals surface area contributed by atoms with Crippen molar-refractivity contribution < 1.29 is 16.8 Å². The van der Waals surface area contributed by atoms with E-state index in [1.54, 1.807) is 30.3 Å². The van der Waals surface area contributed by atoms with Gasteiger partial charge in [0.05, 0.1) is 4.90 Å². The highest BCUT2D eigenvalue weighted by molar-refractivity contribution is 7.89. The minimum atomic E-state index is -3.65. The Balaban J connectivity index is 1.69. The van der Waals surface area contributed by atoms with Crippen LogP contribution in [0.4, 0.5) is 0 Å². The first-order chi connectivity index (χ1) is 13.3. The first kappa shape index (κ1) is 20.9. The van der Waals surface area contributed by atoms with E-state index in [1.807, 2.05) is 6.92 Å². The molecule has 1 saturated heterocycles. The summed E-state index contributed by atoms with van der Waals surface area (Å²) < 4.78 is 54.9. The Morgan fingerprint density at radius 1 is 1.07 bits per heavy atom. The van der Waals surface area contributed by atoms with Gasteiger partial charge in [-0.25, -0.2) is 21.6 Å². The van der Waals surface area contributed by atoms with Crippen LogP contribution in [0.2, 0.25) is 0 Å². The minimum absolute atomic E-state index is 0.0998. The number of hydrogen-bond acceptors (Lipinski definition) is 5. The van der Waals surface area contributed by atoms with E-state index in [1.165, 1.54) is 22.8 Å². The van der Waals surface area contributed by atoms with E-state index >= 15 is 0 Å². The molecule has 28 heavy (non-hydrogen) atoms. The maximum absolute atomic E-state index is 13.1. The van der Waals surface area contributed by atoms with E-state index in [-0.39, 0.29) is 22.4 Å². The monoisotopic (exact) mass is 423 g/mol. The van der Waals surface area contributed by atoms with E-state index < -0.39 is 20.0 Å². The van der Waals surface area contributed by atoms with E-state index in [4.69, 9.17) is 0 Å². The molecule has 0 saturated carbocycles. The van der Waals surface area contributed by atoms with Gasteiger partial charge in [-0.15, -0.1) is 0 Å². The van der Waals surface area contributed by atoms with Crippen molar-refractivity contribution in [3.63, 3.8) is 0 Å². The Morgan fingerprint density at radius 3 is 2.50 bits per heavy atom. The molecule has 1 atom stereocenters. The number of aryl methyl sites for hydroxylation is 1. The Kier molecular flexibility index (Phi) is 6.49. The molecule has 0 radical (unpaired) electrons. The van der Waals surface area contributed by atoms with Crippen molar-refractivity contribution in [1.29, 1.82) is 0 Å². The molecule has 1 aliphatic rings. The Morgan fingerprint density at radius 2 is 1.82 bits per heavy atom. The molecule has 1 fully saturated rings. The number of sulfonamides is 2. The normalized spacial score (nSPS) is 18.8. The van der Waals surface area contributed by atoms with Crippen LogP contribution in [-0.4, -0.2) is 45.3 Å². The maximum Gasteiger partial charge on any atom is 0.243 e. The molecule has 0 spiro atoms. The summed E-state index contributed by atoms with van der Waals surface area (Å²) in [5.41, 5.74) is 0.999. The summed E-state index contributed by atoms with van der Waals surface area (Å²) in [6.45, 7) is 2.53. The molecule has 152 valence electrons. The van der Waals surface area contributed by atoms with Crippen LogP contribution in [0.1, 0.15) is 31.2 Å². The van der Waals surface area contributed by atoms with Gasteiger partial charge in [-0.2, -0.15) is 4.31 Å². The summed E-state index contributed by atoms with van der Waals surface area (Å²) >= 11 is 0. The predicted molar refractivity (Wildman–Crippen MR) is 107 cm³/mol. The summed E-state index contributed by atoms with van der Waals surface area (Å²) in [6, 6.07) is 9.64. The highest BCUT2D eigenvalue weighted by Crippen LogP contribution is 2.27. The van der Waals surface area contributed by atoms with Gasteiger partial charge in [0.2, 0.25) is 20.0 Å². The van der Waals surface area contributed by atoms with Crippen molar-refractivity contribution in [3.8, 4) is 0 Å². The van der Waals surface area contributed by atoms with E-state index in [0.717, 1.165) is 24.8 Å². The zero-order chi connectivity index (χ0) is 20.2. The topological polar surface area (TPSA) is 96.4 Å².